The lowest BCUT2D eigenvalue weighted by atomic mass is 10.1. The third-order valence-electron chi connectivity index (χ3n) is 5.34. The Morgan fingerprint density at radius 2 is 2.03 bits per heavy atom. The highest BCUT2D eigenvalue weighted by atomic mass is 32.2. The fourth-order valence-corrected chi connectivity index (χ4v) is 4.71. The molecule has 0 amide bonds. The first-order chi connectivity index (χ1) is 15.1. The van der Waals surface area contributed by atoms with Gasteiger partial charge in [-0.1, -0.05) is 23.9 Å². The van der Waals surface area contributed by atoms with E-state index in [-0.39, 0.29) is 17.4 Å². The quantitative estimate of drug-likeness (QED) is 0.296. The standard InChI is InChI=1S/C24H26N2O4S/c1-3-29-18-12-10-17(11-13-18)22(27)16(2)31-24-25-21-9-5-4-8-20(21)23(28)26(24)15-19-7-6-14-30-19/h4-5,8-13,16,19H,3,6-7,14-15H2,1-2H3. The molecule has 0 saturated carbocycles. The summed E-state index contributed by atoms with van der Waals surface area (Å²) in [6.07, 6.45) is 1.91. The largest absolute Gasteiger partial charge is 0.494 e. The van der Waals surface area contributed by atoms with E-state index in [9.17, 15) is 9.59 Å². The van der Waals surface area contributed by atoms with Crippen LogP contribution in [0.5, 0.6) is 5.75 Å². The Morgan fingerprint density at radius 1 is 1.26 bits per heavy atom. The lowest BCUT2D eigenvalue weighted by Gasteiger charge is -2.18. The van der Waals surface area contributed by atoms with Crippen molar-refractivity contribution in [1.29, 1.82) is 0 Å². The van der Waals surface area contributed by atoms with Crippen LogP contribution in [0.25, 0.3) is 10.9 Å². The third-order valence-corrected chi connectivity index (χ3v) is 6.43. The minimum Gasteiger partial charge on any atom is -0.494 e. The molecule has 7 heteroatoms. The first-order valence-electron chi connectivity index (χ1n) is 10.6. The maximum atomic E-state index is 13.2. The lowest BCUT2D eigenvalue weighted by Crippen LogP contribution is -2.29. The molecule has 2 unspecified atom stereocenters. The Hall–Kier alpha value is -2.64. The summed E-state index contributed by atoms with van der Waals surface area (Å²) in [4.78, 5) is 31.0. The zero-order valence-corrected chi connectivity index (χ0v) is 18.6. The van der Waals surface area contributed by atoms with Crippen molar-refractivity contribution in [1.82, 2.24) is 9.55 Å². The lowest BCUT2D eigenvalue weighted by molar-refractivity contribution is 0.0937. The molecule has 3 aromatic rings. The van der Waals surface area contributed by atoms with E-state index < -0.39 is 5.25 Å². The summed E-state index contributed by atoms with van der Waals surface area (Å²) >= 11 is 1.32. The molecule has 1 aliphatic heterocycles. The summed E-state index contributed by atoms with van der Waals surface area (Å²) in [5, 5.41) is 0.725. The molecule has 0 aliphatic carbocycles. The zero-order chi connectivity index (χ0) is 21.8. The summed E-state index contributed by atoms with van der Waals surface area (Å²) in [5.41, 5.74) is 1.15. The topological polar surface area (TPSA) is 70.4 Å². The van der Waals surface area contributed by atoms with Crippen molar-refractivity contribution in [2.45, 2.75) is 49.7 Å². The van der Waals surface area contributed by atoms with Crippen LogP contribution < -0.4 is 10.3 Å². The van der Waals surface area contributed by atoms with Crippen molar-refractivity contribution in [3.05, 3.63) is 64.4 Å². The Morgan fingerprint density at radius 3 is 2.74 bits per heavy atom. The molecule has 6 nitrogen and oxygen atoms in total. The highest BCUT2D eigenvalue weighted by Crippen LogP contribution is 2.27. The number of hydrogen-bond donors (Lipinski definition) is 0. The summed E-state index contributed by atoms with van der Waals surface area (Å²) in [6, 6.07) is 14.5. The van der Waals surface area contributed by atoms with Crippen molar-refractivity contribution >= 4 is 28.4 Å². The predicted octanol–water partition coefficient (Wildman–Crippen LogP) is 4.34. The van der Waals surface area contributed by atoms with Crippen LogP contribution >= 0.6 is 11.8 Å². The van der Waals surface area contributed by atoms with Gasteiger partial charge in [0.25, 0.3) is 5.56 Å². The first kappa shape index (κ1) is 21.6. The van der Waals surface area contributed by atoms with E-state index >= 15 is 0 Å². The van der Waals surface area contributed by atoms with Gasteiger partial charge in [-0.15, -0.1) is 0 Å². The number of ether oxygens (including phenoxy) is 2. The smallest absolute Gasteiger partial charge is 0.262 e. The Labute approximate surface area is 185 Å². The molecular weight excluding hydrogens is 412 g/mol. The van der Waals surface area contributed by atoms with Crippen molar-refractivity contribution < 1.29 is 14.3 Å². The van der Waals surface area contributed by atoms with E-state index in [1.165, 1.54) is 11.8 Å². The van der Waals surface area contributed by atoms with Gasteiger partial charge in [0.15, 0.2) is 10.9 Å². The number of rotatable bonds is 8. The fraction of sp³-hybridized carbons (Fsp3) is 0.375. The van der Waals surface area contributed by atoms with Gasteiger partial charge < -0.3 is 9.47 Å². The van der Waals surface area contributed by atoms with E-state index in [1.54, 1.807) is 34.9 Å². The minimum absolute atomic E-state index is 0.00266. The SMILES string of the molecule is CCOc1ccc(C(=O)C(C)Sc2nc3ccccc3c(=O)n2CC2CCCO2)cc1. The number of carbonyl (C=O) groups is 1. The number of carbonyl (C=O) groups excluding carboxylic acids is 1. The van der Waals surface area contributed by atoms with Gasteiger partial charge in [-0.05, 0) is 63.1 Å². The maximum Gasteiger partial charge on any atom is 0.262 e. The molecule has 0 bridgehead atoms. The molecule has 1 fully saturated rings. The van der Waals surface area contributed by atoms with Crippen molar-refractivity contribution in [2.24, 2.45) is 0 Å². The highest BCUT2D eigenvalue weighted by Gasteiger charge is 2.23. The number of ketones is 1. The van der Waals surface area contributed by atoms with Gasteiger partial charge in [0, 0.05) is 12.2 Å². The van der Waals surface area contributed by atoms with Crippen LogP contribution in [0.2, 0.25) is 0 Å². The molecule has 4 rings (SSSR count). The number of nitrogens with zero attached hydrogens (tertiary/aromatic N) is 2. The van der Waals surface area contributed by atoms with Crippen LogP contribution in [0.4, 0.5) is 0 Å². The molecule has 1 aliphatic rings. The van der Waals surface area contributed by atoms with Gasteiger partial charge in [-0.25, -0.2) is 4.98 Å². The number of Topliss-reactive ketones (excluding diaryl/α,β-unsaturated/α-hetero) is 1. The first-order valence-corrected chi connectivity index (χ1v) is 11.5. The number of fused-ring (bicyclic) bond motifs is 1. The van der Waals surface area contributed by atoms with Crippen molar-refractivity contribution in [3.8, 4) is 5.75 Å². The normalized spacial score (nSPS) is 17.0. The van der Waals surface area contributed by atoms with Gasteiger partial charge in [-0.2, -0.15) is 0 Å². The molecule has 0 N–H and O–H groups in total. The van der Waals surface area contributed by atoms with E-state index in [1.807, 2.05) is 32.0 Å². The summed E-state index contributed by atoms with van der Waals surface area (Å²) in [7, 11) is 0. The molecule has 0 spiro atoms. The molecule has 2 heterocycles. The summed E-state index contributed by atoms with van der Waals surface area (Å²) in [6.45, 7) is 5.51. The monoisotopic (exact) mass is 438 g/mol. The zero-order valence-electron chi connectivity index (χ0n) is 17.7. The summed E-state index contributed by atoms with van der Waals surface area (Å²) in [5.74, 6) is 0.722. The van der Waals surface area contributed by atoms with Crippen LogP contribution in [0, 0.1) is 0 Å². The van der Waals surface area contributed by atoms with E-state index in [4.69, 9.17) is 14.5 Å². The fourth-order valence-electron chi connectivity index (χ4n) is 3.72. The average molecular weight is 439 g/mol. The van der Waals surface area contributed by atoms with Crippen molar-refractivity contribution in [3.63, 3.8) is 0 Å². The maximum absolute atomic E-state index is 13.2. The van der Waals surface area contributed by atoms with Gasteiger partial charge in [0.2, 0.25) is 0 Å². The third kappa shape index (κ3) is 4.83. The molecule has 1 saturated heterocycles. The second-order valence-electron chi connectivity index (χ2n) is 7.54. The number of aromatic nitrogens is 2. The number of benzene rings is 2. The van der Waals surface area contributed by atoms with Gasteiger partial charge in [-0.3, -0.25) is 14.2 Å². The van der Waals surface area contributed by atoms with Crippen LogP contribution in [0.3, 0.4) is 0 Å². The minimum atomic E-state index is -0.401. The van der Waals surface area contributed by atoms with Crippen molar-refractivity contribution in [2.75, 3.05) is 13.2 Å². The van der Waals surface area contributed by atoms with Crippen LogP contribution in [0.15, 0.2) is 58.5 Å². The molecule has 162 valence electrons. The van der Waals surface area contributed by atoms with Gasteiger partial charge in [0.05, 0.1) is 35.4 Å². The molecule has 1 aromatic heterocycles. The van der Waals surface area contributed by atoms with Crippen LogP contribution in [0.1, 0.15) is 37.0 Å². The van der Waals surface area contributed by atoms with Gasteiger partial charge >= 0.3 is 0 Å². The Bertz CT molecular complexity index is 1120. The molecular formula is C24H26N2O4S. The Balaban J connectivity index is 1.62. The molecule has 0 radical (unpaired) electrons. The summed E-state index contributed by atoms with van der Waals surface area (Å²) < 4.78 is 12.9. The van der Waals surface area contributed by atoms with E-state index in [0.717, 1.165) is 25.2 Å². The second-order valence-corrected chi connectivity index (χ2v) is 8.85. The highest BCUT2D eigenvalue weighted by molar-refractivity contribution is 8.00. The molecule has 2 aromatic carbocycles. The second kappa shape index (κ2) is 9.66. The number of para-hydroxylation sites is 1. The van der Waals surface area contributed by atoms with Crippen LogP contribution in [-0.4, -0.2) is 39.9 Å². The van der Waals surface area contributed by atoms with E-state index in [0.29, 0.717) is 34.8 Å². The van der Waals surface area contributed by atoms with Gasteiger partial charge in [0.1, 0.15) is 5.75 Å². The van der Waals surface area contributed by atoms with Crippen LogP contribution in [-0.2, 0) is 11.3 Å². The predicted molar refractivity (Wildman–Crippen MR) is 122 cm³/mol. The molecule has 2 atom stereocenters. The van der Waals surface area contributed by atoms with E-state index in [2.05, 4.69) is 0 Å². The number of hydrogen-bond acceptors (Lipinski definition) is 6. The molecule has 31 heavy (non-hydrogen) atoms. The Kier molecular flexibility index (Phi) is 6.73. The number of thioether (sulfide) groups is 1. The average Bonchev–Trinajstić information content (AvgIpc) is 3.30.